The molecule has 0 aliphatic carbocycles. The Bertz CT molecular complexity index is 158. The van der Waals surface area contributed by atoms with Crippen LogP contribution in [0.3, 0.4) is 0 Å². The summed E-state index contributed by atoms with van der Waals surface area (Å²) in [5.41, 5.74) is 1.24. The quantitative estimate of drug-likeness (QED) is 0.458. The summed E-state index contributed by atoms with van der Waals surface area (Å²) in [6.07, 6.45) is 3.56. The molecule has 1 nitrogen and oxygen atoms in total. The Labute approximate surface area is 49.0 Å². The highest BCUT2D eigenvalue weighted by molar-refractivity contribution is 5.06. The highest BCUT2D eigenvalue weighted by Crippen LogP contribution is 1.88. The standard InChI is InChI=1S/C7H8N/c1-7-3-2-5-8-6-4-7/h2-6H,1H3/q+1. The molecule has 0 amide bonds. The molecule has 8 heavy (non-hydrogen) atoms. The first kappa shape index (κ1) is 5.16. The second-order valence-electron chi connectivity index (χ2n) is 1.72. The average Bonchev–Trinajstić information content (AvgIpc) is 1.94. The molecule has 0 fully saturated rings. The Morgan fingerprint density at radius 2 is 2.50 bits per heavy atom. The molecule has 0 unspecified atom stereocenters. The van der Waals surface area contributed by atoms with E-state index in [0.29, 0.717) is 0 Å². The Morgan fingerprint density at radius 1 is 1.62 bits per heavy atom. The third-order valence-corrected chi connectivity index (χ3v) is 0.955. The number of hydrogen-bond donors (Lipinski definition) is 0. The monoisotopic (exact) mass is 106 g/mol. The van der Waals surface area contributed by atoms with Gasteiger partial charge in [-0.2, -0.15) is 0 Å². The van der Waals surface area contributed by atoms with Crippen LogP contribution in [-0.4, -0.2) is 4.98 Å². The molecule has 1 heteroatoms. The zero-order chi connectivity index (χ0) is 5.82. The largest absolute Gasteiger partial charge is 0.241 e. The van der Waals surface area contributed by atoms with Crippen molar-refractivity contribution in [3.63, 3.8) is 0 Å². The van der Waals surface area contributed by atoms with Gasteiger partial charge < -0.3 is 0 Å². The van der Waals surface area contributed by atoms with Crippen LogP contribution in [0.15, 0.2) is 30.6 Å². The molecule has 0 saturated carbocycles. The van der Waals surface area contributed by atoms with Crippen molar-refractivity contribution in [2.45, 2.75) is 6.92 Å². The second kappa shape index (κ2) is 2.36. The van der Waals surface area contributed by atoms with Crippen LogP contribution >= 0.6 is 0 Å². The maximum atomic E-state index is 3.91. The van der Waals surface area contributed by atoms with Crippen LogP contribution in [-0.2, 0) is 0 Å². The number of hydrogen-bond acceptors (Lipinski definition) is 1. The SMILES string of the molecule is Cc1ccnc[cH+]c1. The van der Waals surface area contributed by atoms with Gasteiger partial charge >= 0.3 is 0 Å². The predicted molar refractivity (Wildman–Crippen MR) is 33.4 cm³/mol. The molecule has 0 spiro atoms. The van der Waals surface area contributed by atoms with Crippen molar-refractivity contribution in [1.82, 2.24) is 4.98 Å². The van der Waals surface area contributed by atoms with Gasteiger partial charge in [-0.05, 0) is 0 Å². The first-order chi connectivity index (χ1) is 3.89. The lowest BCUT2D eigenvalue weighted by molar-refractivity contribution is 1.36. The highest BCUT2D eigenvalue weighted by atomic mass is 14.6. The van der Waals surface area contributed by atoms with Crippen LogP contribution in [0.4, 0.5) is 0 Å². The van der Waals surface area contributed by atoms with Crippen molar-refractivity contribution in [3.8, 4) is 0 Å². The molecule has 0 saturated heterocycles. The molecule has 0 bridgehead atoms. The van der Waals surface area contributed by atoms with Gasteiger partial charge in [0.05, 0.1) is 11.6 Å². The second-order valence-corrected chi connectivity index (χ2v) is 1.72. The zero-order valence-corrected chi connectivity index (χ0v) is 4.83. The van der Waals surface area contributed by atoms with Crippen LogP contribution in [0.5, 0.6) is 0 Å². The first-order valence-electron chi connectivity index (χ1n) is 2.59. The minimum Gasteiger partial charge on any atom is -0.241 e. The van der Waals surface area contributed by atoms with Crippen molar-refractivity contribution < 1.29 is 0 Å². The van der Waals surface area contributed by atoms with Gasteiger partial charge in [0.15, 0.2) is 0 Å². The average molecular weight is 106 g/mol. The molecule has 40 valence electrons. The van der Waals surface area contributed by atoms with E-state index in [2.05, 4.69) is 4.98 Å². The van der Waals surface area contributed by atoms with E-state index in [0.717, 1.165) is 0 Å². The van der Waals surface area contributed by atoms with Crippen molar-refractivity contribution in [1.29, 1.82) is 0 Å². The first-order valence-corrected chi connectivity index (χ1v) is 2.59. The van der Waals surface area contributed by atoms with Crippen LogP contribution in [0.25, 0.3) is 0 Å². The summed E-state index contributed by atoms with van der Waals surface area (Å²) in [7, 11) is 0. The number of nitrogens with zero attached hydrogens (tertiary/aromatic N) is 1. The predicted octanol–water partition coefficient (Wildman–Crippen LogP) is 1.67. The number of aryl methyl sites for hydroxylation is 1. The molecule has 1 aromatic rings. The van der Waals surface area contributed by atoms with E-state index in [1.165, 1.54) is 5.56 Å². The van der Waals surface area contributed by atoms with Crippen LogP contribution in [0, 0.1) is 6.92 Å². The van der Waals surface area contributed by atoms with E-state index in [-0.39, 0.29) is 0 Å². The lowest BCUT2D eigenvalue weighted by atomic mass is 10.3. The molecule has 0 aromatic carbocycles. The van der Waals surface area contributed by atoms with E-state index in [1.807, 2.05) is 25.1 Å². The zero-order valence-electron chi connectivity index (χ0n) is 4.83. The molecule has 0 aliphatic rings. The fraction of sp³-hybridized carbons (Fsp3) is 0.143. The van der Waals surface area contributed by atoms with Gasteiger partial charge in [-0.15, -0.1) is 0 Å². The Morgan fingerprint density at radius 3 is 3.38 bits per heavy atom. The summed E-state index contributed by atoms with van der Waals surface area (Å²) in [6.45, 7) is 2.04. The van der Waals surface area contributed by atoms with Crippen molar-refractivity contribution >= 4 is 0 Å². The number of rotatable bonds is 0. The van der Waals surface area contributed by atoms with Gasteiger partial charge in [-0.25, -0.2) is 4.98 Å². The topological polar surface area (TPSA) is 12.9 Å². The summed E-state index contributed by atoms with van der Waals surface area (Å²) in [6, 6.07) is 5.92. The Hall–Kier alpha value is -0.980. The third-order valence-electron chi connectivity index (χ3n) is 0.955. The van der Waals surface area contributed by atoms with Crippen LogP contribution in [0.1, 0.15) is 5.56 Å². The molecule has 1 heterocycles. The van der Waals surface area contributed by atoms with E-state index in [4.69, 9.17) is 0 Å². The molecule has 1 rings (SSSR count). The third kappa shape index (κ3) is 1.26. The minimum absolute atomic E-state index is 1.24. The molecule has 0 radical (unpaired) electrons. The van der Waals surface area contributed by atoms with E-state index in [1.54, 1.807) is 12.4 Å². The van der Waals surface area contributed by atoms with E-state index >= 15 is 0 Å². The number of aromatic nitrogens is 1. The smallest absolute Gasteiger partial charge is 0.109 e. The molecular weight excluding hydrogens is 98.1 g/mol. The normalized spacial score (nSPS) is 8.62. The van der Waals surface area contributed by atoms with Gasteiger partial charge in [0.2, 0.25) is 0 Å². The van der Waals surface area contributed by atoms with Crippen LogP contribution in [0.2, 0.25) is 0 Å². The summed E-state index contributed by atoms with van der Waals surface area (Å²) in [5, 5.41) is 0. The van der Waals surface area contributed by atoms with Crippen molar-refractivity contribution in [2.75, 3.05) is 0 Å². The van der Waals surface area contributed by atoms with Gasteiger partial charge in [-0.3, -0.25) is 0 Å². The Kier molecular flexibility index (Phi) is 1.52. The van der Waals surface area contributed by atoms with Gasteiger partial charge in [0.25, 0.3) is 0 Å². The fourth-order valence-electron chi connectivity index (χ4n) is 0.510. The minimum atomic E-state index is 1.24. The van der Waals surface area contributed by atoms with E-state index < -0.39 is 0 Å². The molecule has 0 atom stereocenters. The van der Waals surface area contributed by atoms with Gasteiger partial charge in [0.1, 0.15) is 12.3 Å². The summed E-state index contributed by atoms with van der Waals surface area (Å²) >= 11 is 0. The molecule has 1 aromatic heterocycles. The fourth-order valence-corrected chi connectivity index (χ4v) is 0.510. The summed E-state index contributed by atoms with van der Waals surface area (Å²) < 4.78 is 0. The maximum Gasteiger partial charge on any atom is 0.109 e. The molecule has 0 aliphatic heterocycles. The summed E-state index contributed by atoms with van der Waals surface area (Å²) in [4.78, 5) is 3.91. The Balaban J connectivity index is 3.12. The lowest BCUT2D eigenvalue weighted by Crippen LogP contribution is -1.56. The lowest BCUT2D eigenvalue weighted by Gasteiger charge is -1.62. The van der Waals surface area contributed by atoms with Gasteiger partial charge in [-0.1, -0.05) is 0 Å². The summed E-state index contributed by atoms with van der Waals surface area (Å²) in [5.74, 6) is 0. The van der Waals surface area contributed by atoms with Gasteiger partial charge in [0, 0.05) is 19.2 Å². The van der Waals surface area contributed by atoms with Crippen molar-refractivity contribution in [2.24, 2.45) is 0 Å². The molecule has 0 N–H and O–H groups in total. The van der Waals surface area contributed by atoms with Crippen LogP contribution < -0.4 is 0 Å². The maximum absolute atomic E-state index is 3.91. The van der Waals surface area contributed by atoms with E-state index in [9.17, 15) is 0 Å². The highest BCUT2D eigenvalue weighted by Gasteiger charge is 1.82. The molecular formula is C7H8N+. The van der Waals surface area contributed by atoms with Crippen molar-refractivity contribution in [3.05, 3.63) is 36.2 Å².